The van der Waals surface area contributed by atoms with E-state index in [1.165, 1.54) is 0 Å². The van der Waals surface area contributed by atoms with E-state index in [0.29, 0.717) is 24.0 Å². The first-order valence-electron chi connectivity index (χ1n) is 8.42. The third kappa shape index (κ3) is 4.03. The molecule has 7 heteroatoms. The highest BCUT2D eigenvalue weighted by molar-refractivity contribution is 7.13. The van der Waals surface area contributed by atoms with Crippen LogP contribution in [0.15, 0.2) is 28.1 Å². The Kier molecular flexibility index (Phi) is 5.65. The summed E-state index contributed by atoms with van der Waals surface area (Å²) in [6.07, 6.45) is 0. The molecule has 0 spiro atoms. The normalized spacial score (nSPS) is 17.8. The summed E-state index contributed by atoms with van der Waals surface area (Å²) in [4.78, 5) is 18.1. The van der Waals surface area contributed by atoms with Crippen LogP contribution in [0.4, 0.5) is 0 Å². The van der Waals surface area contributed by atoms with Crippen molar-refractivity contribution in [1.82, 2.24) is 20.3 Å². The number of rotatable bonds is 6. The number of nitrogens with zero attached hydrogens (tertiary/aromatic N) is 3. The van der Waals surface area contributed by atoms with Crippen molar-refractivity contribution in [3.05, 3.63) is 29.3 Å². The smallest absolute Gasteiger partial charge is 0.273 e. The van der Waals surface area contributed by atoms with E-state index in [1.54, 1.807) is 17.4 Å². The fourth-order valence-electron chi connectivity index (χ4n) is 2.90. The topological polar surface area (TPSA) is 61.6 Å². The van der Waals surface area contributed by atoms with Crippen molar-refractivity contribution in [2.75, 3.05) is 39.3 Å². The molecule has 0 unspecified atom stereocenters. The number of piperazine rings is 1. The highest BCUT2D eigenvalue weighted by Gasteiger charge is 2.21. The van der Waals surface area contributed by atoms with E-state index in [1.807, 2.05) is 17.5 Å². The predicted molar refractivity (Wildman–Crippen MR) is 95.3 cm³/mol. The fraction of sp³-hybridized carbons (Fsp3) is 0.529. The monoisotopic (exact) mass is 348 g/mol. The maximum absolute atomic E-state index is 12.3. The number of thiophene rings is 1. The third-order valence-electron chi connectivity index (χ3n) is 4.54. The SMILES string of the molecule is CCN1CCN([C@@H](C)CNC(=O)c2cc(-c3cccs3)on2)CC1. The summed E-state index contributed by atoms with van der Waals surface area (Å²) >= 11 is 1.56. The summed E-state index contributed by atoms with van der Waals surface area (Å²) in [6, 6.07) is 5.91. The van der Waals surface area contributed by atoms with Gasteiger partial charge in [-0.1, -0.05) is 18.1 Å². The lowest BCUT2D eigenvalue weighted by atomic mass is 10.2. The van der Waals surface area contributed by atoms with E-state index in [-0.39, 0.29) is 5.91 Å². The highest BCUT2D eigenvalue weighted by Crippen LogP contribution is 2.25. The molecule has 1 atom stereocenters. The molecule has 2 aromatic heterocycles. The average molecular weight is 348 g/mol. The van der Waals surface area contributed by atoms with Crippen molar-refractivity contribution in [3.8, 4) is 10.6 Å². The molecule has 6 nitrogen and oxygen atoms in total. The molecule has 3 rings (SSSR count). The quantitative estimate of drug-likeness (QED) is 0.867. The fourth-order valence-corrected chi connectivity index (χ4v) is 3.57. The molecule has 0 bridgehead atoms. The first kappa shape index (κ1) is 17.1. The molecule has 1 fully saturated rings. The molecule has 0 aromatic carbocycles. The minimum atomic E-state index is -0.180. The Morgan fingerprint density at radius 1 is 1.42 bits per heavy atom. The second-order valence-corrected chi connectivity index (χ2v) is 7.03. The molecule has 1 N–H and O–H groups in total. The van der Waals surface area contributed by atoms with Crippen LogP contribution in [0.2, 0.25) is 0 Å². The number of carbonyl (C=O) groups is 1. The molecule has 24 heavy (non-hydrogen) atoms. The zero-order valence-corrected chi connectivity index (χ0v) is 15.0. The predicted octanol–water partition coefficient (Wildman–Crippen LogP) is 2.16. The number of aromatic nitrogens is 1. The average Bonchev–Trinajstić information content (AvgIpc) is 3.30. The van der Waals surface area contributed by atoms with E-state index in [0.717, 1.165) is 37.6 Å². The van der Waals surface area contributed by atoms with Crippen molar-refractivity contribution in [1.29, 1.82) is 0 Å². The molecule has 0 saturated carbocycles. The van der Waals surface area contributed by atoms with Gasteiger partial charge in [-0.15, -0.1) is 11.3 Å². The maximum atomic E-state index is 12.3. The molecule has 0 aliphatic carbocycles. The highest BCUT2D eigenvalue weighted by atomic mass is 32.1. The number of carbonyl (C=O) groups excluding carboxylic acids is 1. The Balaban J connectivity index is 1.49. The van der Waals surface area contributed by atoms with Crippen LogP contribution in [0, 0.1) is 0 Å². The molecular formula is C17H24N4O2S. The third-order valence-corrected chi connectivity index (χ3v) is 5.43. The Hall–Kier alpha value is -1.70. The van der Waals surface area contributed by atoms with Crippen LogP contribution >= 0.6 is 11.3 Å². The minimum absolute atomic E-state index is 0.180. The summed E-state index contributed by atoms with van der Waals surface area (Å²) < 4.78 is 5.26. The first-order chi connectivity index (χ1) is 11.7. The van der Waals surface area contributed by atoms with E-state index >= 15 is 0 Å². The van der Waals surface area contributed by atoms with Crippen molar-refractivity contribution in [2.45, 2.75) is 19.9 Å². The summed E-state index contributed by atoms with van der Waals surface area (Å²) in [5.74, 6) is 0.458. The zero-order chi connectivity index (χ0) is 16.9. The van der Waals surface area contributed by atoms with Gasteiger partial charge in [0.15, 0.2) is 11.5 Å². The summed E-state index contributed by atoms with van der Waals surface area (Å²) in [7, 11) is 0. The summed E-state index contributed by atoms with van der Waals surface area (Å²) in [5.41, 5.74) is 0.335. The molecule has 3 heterocycles. The van der Waals surface area contributed by atoms with Crippen LogP contribution in [0.1, 0.15) is 24.3 Å². The van der Waals surface area contributed by atoms with Gasteiger partial charge in [0.2, 0.25) is 0 Å². The molecular weight excluding hydrogens is 324 g/mol. The van der Waals surface area contributed by atoms with Crippen LogP contribution < -0.4 is 5.32 Å². The molecule has 130 valence electrons. The summed E-state index contributed by atoms with van der Waals surface area (Å²) in [6.45, 7) is 10.4. The van der Waals surface area contributed by atoms with Gasteiger partial charge in [0.05, 0.1) is 4.88 Å². The van der Waals surface area contributed by atoms with Crippen LogP contribution in [0.25, 0.3) is 10.6 Å². The Bertz CT molecular complexity index is 647. The Labute approximate surface area is 146 Å². The van der Waals surface area contributed by atoms with Crippen LogP contribution in [0.3, 0.4) is 0 Å². The number of nitrogens with one attached hydrogen (secondary N) is 1. The Morgan fingerprint density at radius 2 is 2.21 bits per heavy atom. The molecule has 1 aliphatic heterocycles. The van der Waals surface area contributed by atoms with Gasteiger partial charge in [-0.25, -0.2) is 0 Å². The maximum Gasteiger partial charge on any atom is 0.273 e. The first-order valence-corrected chi connectivity index (χ1v) is 9.30. The van der Waals surface area contributed by atoms with Gasteiger partial charge < -0.3 is 14.7 Å². The van der Waals surface area contributed by atoms with Crippen molar-refractivity contribution in [3.63, 3.8) is 0 Å². The van der Waals surface area contributed by atoms with Crippen molar-refractivity contribution >= 4 is 17.2 Å². The van der Waals surface area contributed by atoms with E-state index < -0.39 is 0 Å². The van der Waals surface area contributed by atoms with Crippen LogP contribution in [-0.4, -0.2) is 66.2 Å². The number of amides is 1. The molecule has 0 radical (unpaired) electrons. The number of hydrogen-bond donors (Lipinski definition) is 1. The second kappa shape index (κ2) is 7.92. The van der Waals surface area contributed by atoms with E-state index in [4.69, 9.17) is 4.52 Å². The Morgan fingerprint density at radius 3 is 2.88 bits per heavy atom. The van der Waals surface area contributed by atoms with Gasteiger partial charge in [-0.05, 0) is 24.9 Å². The van der Waals surface area contributed by atoms with Gasteiger partial charge in [0.25, 0.3) is 5.91 Å². The lowest BCUT2D eigenvalue weighted by molar-refractivity contribution is 0.0876. The second-order valence-electron chi connectivity index (χ2n) is 6.08. The standard InChI is InChI=1S/C17H24N4O2S/c1-3-20-6-8-21(9-7-20)13(2)12-18-17(22)14-11-15(23-19-14)16-5-4-10-24-16/h4-5,10-11,13H,3,6-9,12H2,1-2H3,(H,18,22)/t13-/m0/s1. The van der Waals surface area contributed by atoms with Crippen molar-refractivity contribution < 1.29 is 9.32 Å². The van der Waals surface area contributed by atoms with Gasteiger partial charge in [-0.3, -0.25) is 9.69 Å². The van der Waals surface area contributed by atoms with Crippen LogP contribution in [0.5, 0.6) is 0 Å². The molecule has 1 amide bonds. The molecule has 2 aromatic rings. The van der Waals surface area contributed by atoms with E-state index in [9.17, 15) is 4.79 Å². The molecule has 1 saturated heterocycles. The zero-order valence-electron chi connectivity index (χ0n) is 14.2. The van der Waals surface area contributed by atoms with Gasteiger partial charge in [0, 0.05) is 44.8 Å². The number of likely N-dealkylation sites (N-methyl/N-ethyl adjacent to an activating group) is 1. The van der Waals surface area contributed by atoms with Gasteiger partial charge >= 0.3 is 0 Å². The molecule has 1 aliphatic rings. The minimum Gasteiger partial charge on any atom is -0.355 e. The summed E-state index contributed by atoms with van der Waals surface area (Å²) in [5, 5.41) is 8.82. The largest absolute Gasteiger partial charge is 0.355 e. The lowest BCUT2D eigenvalue weighted by Gasteiger charge is -2.37. The van der Waals surface area contributed by atoms with Gasteiger partial charge in [-0.2, -0.15) is 0 Å². The lowest BCUT2D eigenvalue weighted by Crippen LogP contribution is -2.52. The van der Waals surface area contributed by atoms with Crippen LogP contribution in [-0.2, 0) is 0 Å². The van der Waals surface area contributed by atoms with E-state index in [2.05, 4.69) is 34.1 Å². The van der Waals surface area contributed by atoms with Crippen molar-refractivity contribution in [2.24, 2.45) is 0 Å². The number of hydrogen-bond acceptors (Lipinski definition) is 6. The van der Waals surface area contributed by atoms with Gasteiger partial charge in [0.1, 0.15) is 0 Å².